The predicted molar refractivity (Wildman–Crippen MR) is 112 cm³/mol. The smallest absolute Gasteiger partial charge is 0.259 e. The molecule has 0 amide bonds. The number of nitrogens with zero attached hydrogens (tertiary/aromatic N) is 5. The van der Waals surface area contributed by atoms with E-state index in [1.54, 1.807) is 59.1 Å². The number of sulfonamides is 1. The highest BCUT2D eigenvalue weighted by molar-refractivity contribution is 7.92. The Labute approximate surface area is 173 Å². The summed E-state index contributed by atoms with van der Waals surface area (Å²) in [5.74, 6) is 0.784. The van der Waals surface area contributed by atoms with Gasteiger partial charge in [0, 0.05) is 16.4 Å². The molecule has 2 aromatic heterocycles. The molecule has 4 aromatic rings. The molecule has 0 atom stereocenters. The summed E-state index contributed by atoms with van der Waals surface area (Å²) < 4.78 is 29.6. The van der Waals surface area contributed by atoms with Gasteiger partial charge in [-0.15, -0.1) is 5.10 Å². The van der Waals surface area contributed by atoms with Crippen LogP contribution in [-0.2, 0) is 16.6 Å². The maximum atomic E-state index is 13.4. The highest BCUT2D eigenvalue weighted by Gasteiger charge is 2.26. The van der Waals surface area contributed by atoms with Crippen molar-refractivity contribution in [3.63, 3.8) is 0 Å². The molecule has 4 rings (SSSR count). The van der Waals surface area contributed by atoms with E-state index < -0.39 is 10.0 Å². The van der Waals surface area contributed by atoms with Crippen molar-refractivity contribution in [2.75, 3.05) is 4.31 Å². The largest absolute Gasteiger partial charge is 0.264 e. The second kappa shape index (κ2) is 7.46. The lowest BCUT2D eigenvalue weighted by Gasteiger charge is -2.23. The summed E-state index contributed by atoms with van der Waals surface area (Å²) in [5, 5.41) is 4.97. The van der Waals surface area contributed by atoms with Crippen LogP contribution in [0.1, 0.15) is 17.2 Å². The number of hydrogen-bond donors (Lipinski definition) is 0. The SMILES string of the molecule is Cc1cc(C)n2nc(CN(c3ccc(Cl)cc3)S(=O)(=O)c3ccccc3)nc2n1. The molecule has 0 unspecified atom stereocenters. The number of benzene rings is 2. The summed E-state index contributed by atoms with van der Waals surface area (Å²) >= 11 is 5.99. The van der Waals surface area contributed by atoms with Crippen molar-refractivity contribution in [1.29, 1.82) is 0 Å². The number of rotatable bonds is 5. The molecule has 0 radical (unpaired) electrons. The first-order valence-corrected chi connectivity index (χ1v) is 10.7. The first-order chi connectivity index (χ1) is 13.8. The standard InChI is InChI=1S/C20H18ClN5O2S/c1-14-12-15(2)26-20(22-14)23-19(24-26)13-25(17-10-8-16(21)9-11-17)29(27,28)18-6-4-3-5-7-18/h3-12H,13H2,1-2H3. The lowest BCUT2D eigenvalue weighted by atomic mass is 10.3. The molecular weight excluding hydrogens is 410 g/mol. The maximum Gasteiger partial charge on any atom is 0.264 e. The quantitative estimate of drug-likeness (QED) is 0.484. The molecule has 0 fully saturated rings. The van der Waals surface area contributed by atoms with E-state index in [1.165, 1.54) is 4.31 Å². The number of fused-ring (bicyclic) bond motifs is 1. The van der Waals surface area contributed by atoms with E-state index in [4.69, 9.17) is 11.6 Å². The Hall–Kier alpha value is -2.97. The van der Waals surface area contributed by atoms with Crippen LogP contribution in [0, 0.1) is 13.8 Å². The van der Waals surface area contributed by atoms with Crippen LogP contribution in [0.25, 0.3) is 5.78 Å². The zero-order valence-corrected chi connectivity index (χ0v) is 17.4. The lowest BCUT2D eigenvalue weighted by molar-refractivity contribution is 0.589. The van der Waals surface area contributed by atoms with Crippen molar-refractivity contribution < 1.29 is 8.42 Å². The molecule has 0 aliphatic carbocycles. The van der Waals surface area contributed by atoms with Crippen LogP contribution < -0.4 is 4.31 Å². The van der Waals surface area contributed by atoms with Crippen molar-refractivity contribution in [2.24, 2.45) is 0 Å². The van der Waals surface area contributed by atoms with Crippen LogP contribution in [0.4, 0.5) is 5.69 Å². The third kappa shape index (κ3) is 3.81. The summed E-state index contributed by atoms with van der Waals surface area (Å²) in [6.07, 6.45) is 0. The molecule has 0 aliphatic heterocycles. The molecule has 0 saturated heterocycles. The van der Waals surface area contributed by atoms with E-state index in [1.807, 2.05) is 19.9 Å². The zero-order chi connectivity index (χ0) is 20.6. The van der Waals surface area contributed by atoms with E-state index in [9.17, 15) is 8.42 Å². The summed E-state index contributed by atoms with van der Waals surface area (Å²) in [6.45, 7) is 3.74. The zero-order valence-electron chi connectivity index (χ0n) is 15.8. The predicted octanol–water partition coefficient (Wildman–Crippen LogP) is 3.79. The number of hydrogen-bond acceptors (Lipinski definition) is 5. The van der Waals surface area contributed by atoms with Gasteiger partial charge < -0.3 is 0 Å². The lowest BCUT2D eigenvalue weighted by Crippen LogP contribution is -2.31. The minimum atomic E-state index is -3.84. The fourth-order valence-corrected chi connectivity index (χ4v) is 4.61. The Morgan fingerprint density at radius 2 is 1.69 bits per heavy atom. The van der Waals surface area contributed by atoms with E-state index >= 15 is 0 Å². The number of aryl methyl sites for hydroxylation is 2. The molecule has 0 saturated carbocycles. The van der Waals surface area contributed by atoms with Gasteiger partial charge in [-0.3, -0.25) is 4.31 Å². The molecular formula is C20H18ClN5O2S. The van der Waals surface area contributed by atoms with Crippen molar-refractivity contribution in [3.05, 3.63) is 82.9 Å². The Morgan fingerprint density at radius 3 is 2.38 bits per heavy atom. The summed E-state index contributed by atoms with van der Waals surface area (Å²) in [6, 6.07) is 16.8. The monoisotopic (exact) mass is 427 g/mol. The maximum absolute atomic E-state index is 13.4. The molecule has 9 heteroatoms. The molecule has 0 aliphatic rings. The minimum Gasteiger partial charge on any atom is -0.259 e. The van der Waals surface area contributed by atoms with Gasteiger partial charge >= 0.3 is 0 Å². The Morgan fingerprint density at radius 1 is 1.00 bits per heavy atom. The Bertz CT molecular complexity index is 1270. The van der Waals surface area contributed by atoms with Crippen LogP contribution in [0.3, 0.4) is 0 Å². The van der Waals surface area contributed by atoms with E-state index in [-0.39, 0.29) is 11.4 Å². The van der Waals surface area contributed by atoms with Crippen LogP contribution in [0.5, 0.6) is 0 Å². The fraction of sp³-hybridized carbons (Fsp3) is 0.150. The molecule has 29 heavy (non-hydrogen) atoms. The fourth-order valence-electron chi connectivity index (χ4n) is 3.05. The highest BCUT2D eigenvalue weighted by atomic mass is 35.5. The molecule has 148 valence electrons. The van der Waals surface area contributed by atoms with Gasteiger partial charge in [-0.25, -0.2) is 17.9 Å². The van der Waals surface area contributed by atoms with Crippen LogP contribution >= 0.6 is 11.6 Å². The van der Waals surface area contributed by atoms with Crippen molar-refractivity contribution >= 4 is 33.1 Å². The van der Waals surface area contributed by atoms with Gasteiger partial charge in [-0.1, -0.05) is 29.8 Å². The van der Waals surface area contributed by atoms with Crippen LogP contribution in [-0.4, -0.2) is 28.0 Å². The number of aromatic nitrogens is 4. The van der Waals surface area contributed by atoms with Crippen LogP contribution in [0.15, 0.2) is 65.6 Å². The molecule has 2 heterocycles. The average Bonchev–Trinajstić information content (AvgIpc) is 3.10. The van der Waals surface area contributed by atoms with Crippen molar-refractivity contribution in [2.45, 2.75) is 25.3 Å². The third-order valence-electron chi connectivity index (χ3n) is 4.39. The van der Waals surface area contributed by atoms with Gasteiger partial charge in [0.05, 0.1) is 17.1 Å². The van der Waals surface area contributed by atoms with E-state index in [0.29, 0.717) is 22.3 Å². The van der Waals surface area contributed by atoms with Gasteiger partial charge in [0.25, 0.3) is 15.8 Å². The number of halogens is 1. The topological polar surface area (TPSA) is 80.5 Å². The van der Waals surface area contributed by atoms with Crippen LogP contribution in [0.2, 0.25) is 5.02 Å². The Kier molecular flexibility index (Phi) is 4.97. The highest BCUT2D eigenvalue weighted by Crippen LogP contribution is 2.26. The van der Waals surface area contributed by atoms with E-state index in [2.05, 4.69) is 15.1 Å². The van der Waals surface area contributed by atoms with Gasteiger partial charge in [0.2, 0.25) is 0 Å². The first kappa shape index (κ1) is 19.4. The molecule has 0 bridgehead atoms. The number of anilines is 1. The van der Waals surface area contributed by atoms with E-state index in [0.717, 1.165) is 11.4 Å². The molecule has 2 aromatic carbocycles. The molecule has 7 nitrogen and oxygen atoms in total. The summed E-state index contributed by atoms with van der Waals surface area (Å²) in [5.41, 5.74) is 2.16. The summed E-state index contributed by atoms with van der Waals surface area (Å²) in [4.78, 5) is 8.99. The molecule has 0 spiro atoms. The second-order valence-electron chi connectivity index (χ2n) is 6.58. The van der Waals surface area contributed by atoms with Gasteiger partial charge in [-0.2, -0.15) is 4.98 Å². The first-order valence-electron chi connectivity index (χ1n) is 8.88. The molecule has 0 N–H and O–H groups in total. The minimum absolute atomic E-state index is 0.0410. The van der Waals surface area contributed by atoms with Gasteiger partial charge in [0.15, 0.2) is 5.82 Å². The van der Waals surface area contributed by atoms with Gasteiger partial charge in [-0.05, 0) is 56.3 Å². The Balaban J connectivity index is 1.81. The van der Waals surface area contributed by atoms with Gasteiger partial charge in [0.1, 0.15) is 0 Å². The second-order valence-corrected chi connectivity index (χ2v) is 8.88. The summed E-state index contributed by atoms with van der Waals surface area (Å²) in [7, 11) is -3.84. The average molecular weight is 428 g/mol. The normalized spacial score (nSPS) is 11.7. The van der Waals surface area contributed by atoms with Crippen molar-refractivity contribution in [1.82, 2.24) is 19.6 Å². The van der Waals surface area contributed by atoms with Crippen molar-refractivity contribution in [3.8, 4) is 0 Å². The third-order valence-corrected chi connectivity index (χ3v) is 6.43.